The van der Waals surface area contributed by atoms with Gasteiger partial charge in [0.25, 0.3) is 0 Å². The van der Waals surface area contributed by atoms with Crippen molar-refractivity contribution in [3.05, 3.63) is 44.6 Å². The van der Waals surface area contributed by atoms with Crippen LogP contribution in [0.3, 0.4) is 0 Å². The lowest BCUT2D eigenvalue weighted by Crippen LogP contribution is -2.58. The fraction of sp³-hybridized carbons (Fsp3) is 0.393. The first-order valence-electron chi connectivity index (χ1n) is 12.8. The molecule has 1 aliphatic carbocycles. The van der Waals surface area contributed by atoms with Gasteiger partial charge in [-0.05, 0) is 39.8 Å². The molecule has 3 aliphatic rings. The SMILES string of the molecule is COC(=O)Oc1c2nc3ccc(C(C)=O)c(C(C)=O)c3oc-2c(C(C)=O)c(=O)c1C(C)=O.OC[C@H]1O[C@@H](O)[C@H](O)[C@@H](O)[C@H]1O. The smallest absolute Gasteiger partial charge is 0.451 e. The molecule has 1 aromatic carbocycles. The first kappa shape index (κ1) is 34.0. The molecule has 2 heterocycles. The molecule has 0 unspecified atom stereocenters. The van der Waals surface area contributed by atoms with Crippen LogP contribution in [0.2, 0.25) is 0 Å². The maximum Gasteiger partial charge on any atom is 0.513 e. The summed E-state index contributed by atoms with van der Waals surface area (Å²) in [6.45, 7) is 4.10. The number of fused-ring (bicyclic) bond motifs is 2. The van der Waals surface area contributed by atoms with Gasteiger partial charge in [-0.2, -0.15) is 0 Å². The third kappa shape index (κ3) is 6.40. The predicted molar refractivity (Wildman–Crippen MR) is 146 cm³/mol. The Hall–Kier alpha value is -4.45. The van der Waals surface area contributed by atoms with Crippen molar-refractivity contribution in [1.82, 2.24) is 4.98 Å². The van der Waals surface area contributed by atoms with Crippen molar-refractivity contribution in [2.24, 2.45) is 0 Å². The Labute approximate surface area is 247 Å². The summed E-state index contributed by atoms with van der Waals surface area (Å²) < 4.78 is 19.9. The summed E-state index contributed by atoms with van der Waals surface area (Å²) in [5.74, 6) is -3.39. The van der Waals surface area contributed by atoms with Crippen LogP contribution in [0.5, 0.6) is 5.75 Å². The summed E-state index contributed by atoms with van der Waals surface area (Å²) in [4.78, 5) is 77.9. The monoisotopic (exact) mass is 619 g/mol. The van der Waals surface area contributed by atoms with E-state index >= 15 is 0 Å². The number of ketones is 4. The maximum atomic E-state index is 13.0. The number of hydrogen-bond donors (Lipinski definition) is 5. The zero-order valence-corrected chi connectivity index (χ0v) is 24.0. The van der Waals surface area contributed by atoms with Crippen LogP contribution in [0.4, 0.5) is 4.79 Å². The number of aliphatic hydroxyl groups excluding tert-OH is 5. The topological polar surface area (TPSA) is 257 Å². The average Bonchev–Trinajstić information content (AvgIpc) is 2.96. The lowest BCUT2D eigenvalue weighted by Gasteiger charge is -2.37. The molecular weight excluding hydrogens is 590 g/mol. The molecule has 1 aromatic rings. The van der Waals surface area contributed by atoms with E-state index in [4.69, 9.17) is 34.7 Å². The van der Waals surface area contributed by atoms with Crippen molar-refractivity contribution in [2.45, 2.75) is 58.4 Å². The largest absolute Gasteiger partial charge is 0.513 e. The van der Waals surface area contributed by atoms with Crippen molar-refractivity contribution < 1.29 is 68.1 Å². The Morgan fingerprint density at radius 2 is 1.43 bits per heavy atom. The molecular formula is C28H29NO15. The van der Waals surface area contributed by atoms with E-state index in [0.29, 0.717) is 0 Å². The minimum absolute atomic E-state index is 0.0602. The summed E-state index contributed by atoms with van der Waals surface area (Å²) in [5.41, 5.74) is -2.51. The lowest BCUT2D eigenvalue weighted by molar-refractivity contribution is -0.286. The van der Waals surface area contributed by atoms with Crippen molar-refractivity contribution in [2.75, 3.05) is 13.7 Å². The summed E-state index contributed by atoms with van der Waals surface area (Å²) in [5, 5.41) is 44.7. The second kappa shape index (κ2) is 13.5. The van der Waals surface area contributed by atoms with Gasteiger partial charge >= 0.3 is 6.16 Å². The number of hydrogen-bond acceptors (Lipinski definition) is 16. The second-order valence-electron chi connectivity index (χ2n) is 9.64. The summed E-state index contributed by atoms with van der Waals surface area (Å²) >= 11 is 0. The highest BCUT2D eigenvalue weighted by molar-refractivity contribution is 6.14. The molecule has 236 valence electrons. The van der Waals surface area contributed by atoms with Gasteiger partial charge in [-0.1, -0.05) is 0 Å². The van der Waals surface area contributed by atoms with E-state index in [1.807, 2.05) is 0 Å². The van der Waals surface area contributed by atoms with E-state index in [0.717, 1.165) is 21.0 Å². The van der Waals surface area contributed by atoms with Gasteiger partial charge in [0.2, 0.25) is 5.43 Å². The van der Waals surface area contributed by atoms with E-state index in [2.05, 4.69) is 14.5 Å². The Morgan fingerprint density at radius 3 is 1.93 bits per heavy atom. The molecule has 2 aliphatic heterocycles. The van der Waals surface area contributed by atoms with Gasteiger partial charge in [0.15, 0.2) is 52.2 Å². The number of aromatic nitrogens is 1. The van der Waals surface area contributed by atoms with Gasteiger partial charge in [0.05, 0.1) is 19.3 Å². The van der Waals surface area contributed by atoms with Gasteiger partial charge in [-0.25, -0.2) is 9.78 Å². The third-order valence-corrected chi connectivity index (χ3v) is 6.57. The zero-order chi connectivity index (χ0) is 33.2. The summed E-state index contributed by atoms with van der Waals surface area (Å²) in [7, 11) is 1.02. The van der Waals surface area contributed by atoms with Crippen LogP contribution in [0.1, 0.15) is 69.1 Å². The van der Waals surface area contributed by atoms with Crippen LogP contribution in [-0.4, -0.2) is 104 Å². The number of Topliss-reactive ketones (excluding diaryl/α,β-unsaturated/α-hetero) is 4. The average molecular weight is 620 g/mol. The van der Waals surface area contributed by atoms with Crippen molar-refractivity contribution in [3.8, 4) is 17.2 Å². The van der Waals surface area contributed by atoms with Gasteiger partial charge in [-0.15, -0.1) is 0 Å². The number of methoxy groups -OCH3 is 1. The number of nitrogens with zero attached hydrogens (tertiary/aromatic N) is 1. The van der Waals surface area contributed by atoms with Gasteiger partial charge in [0.1, 0.15) is 41.1 Å². The van der Waals surface area contributed by atoms with Crippen LogP contribution in [-0.2, 0) is 9.47 Å². The van der Waals surface area contributed by atoms with Crippen LogP contribution < -0.4 is 10.2 Å². The molecule has 16 heteroatoms. The standard InChI is InChI=1S/C22H17NO9.C6H12O6/c1-8(24)12-6-7-13-19(14(12)9(2)25)31-20-15(10(3)26)18(28)16(11(4)27)21(17(20)23-13)32-22(29)30-5;7-1-2-3(8)4(9)5(10)6(11)12-2/h6-7H,1-5H3;2-11H,1H2/t;2-,3+,4+,5-,6-/m.1/s1. The lowest BCUT2D eigenvalue weighted by atomic mass is 9.96. The molecule has 5 atom stereocenters. The quantitative estimate of drug-likeness (QED) is 0.105. The fourth-order valence-corrected chi connectivity index (χ4v) is 4.45. The maximum absolute atomic E-state index is 13.0. The van der Waals surface area contributed by atoms with Gasteiger partial charge in [0, 0.05) is 5.56 Å². The molecule has 0 saturated carbocycles. The number of ether oxygens (including phenoxy) is 3. The number of aliphatic hydroxyl groups is 5. The molecule has 4 rings (SSSR count). The number of carbonyl (C=O) groups is 5. The van der Waals surface area contributed by atoms with E-state index in [1.54, 1.807) is 0 Å². The van der Waals surface area contributed by atoms with Crippen molar-refractivity contribution in [3.63, 3.8) is 0 Å². The van der Waals surface area contributed by atoms with Crippen molar-refractivity contribution >= 4 is 40.4 Å². The van der Waals surface area contributed by atoms with Crippen LogP contribution >= 0.6 is 0 Å². The van der Waals surface area contributed by atoms with E-state index in [9.17, 15) is 28.8 Å². The van der Waals surface area contributed by atoms with Crippen molar-refractivity contribution in [1.29, 1.82) is 0 Å². The number of benzene rings is 2. The van der Waals surface area contributed by atoms with E-state index < -0.39 is 94.7 Å². The molecule has 5 N–H and O–H groups in total. The number of carbonyl (C=O) groups excluding carboxylic acids is 5. The molecule has 0 aromatic heterocycles. The minimum atomic E-state index is -1.57. The zero-order valence-electron chi connectivity index (χ0n) is 24.0. The molecule has 1 fully saturated rings. The molecule has 0 spiro atoms. The molecule has 44 heavy (non-hydrogen) atoms. The minimum Gasteiger partial charge on any atom is -0.451 e. The first-order chi connectivity index (χ1) is 20.6. The van der Waals surface area contributed by atoms with E-state index in [-0.39, 0.29) is 27.9 Å². The molecule has 1 saturated heterocycles. The molecule has 0 bridgehead atoms. The Bertz CT molecular complexity index is 1670. The molecule has 0 amide bonds. The van der Waals surface area contributed by atoms with Crippen LogP contribution in [0.15, 0.2) is 21.3 Å². The van der Waals surface area contributed by atoms with Crippen LogP contribution in [0.25, 0.3) is 22.6 Å². The molecule has 16 nitrogen and oxygen atoms in total. The summed E-state index contributed by atoms with van der Waals surface area (Å²) in [6, 6.07) is 2.76. The Morgan fingerprint density at radius 1 is 0.841 bits per heavy atom. The highest BCUT2D eigenvalue weighted by atomic mass is 16.7. The van der Waals surface area contributed by atoms with Gasteiger partial charge in [-0.3, -0.25) is 24.0 Å². The van der Waals surface area contributed by atoms with E-state index in [1.165, 1.54) is 26.0 Å². The Kier molecular flexibility index (Phi) is 10.4. The number of rotatable bonds is 6. The van der Waals surface area contributed by atoms with Crippen LogP contribution in [0, 0.1) is 0 Å². The normalized spacial score (nSPS) is 21.3. The third-order valence-electron chi connectivity index (χ3n) is 6.57. The Balaban J connectivity index is 0.000000369. The summed E-state index contributed by atoms with van der Waals surface area (Å²) in [6.07, 6.45) is -8.27. The highest BCUT2D eigenvalue weighted by Crippen LogP contribution is 2.38. The first-order valence-corrected chi connectivity index (χ1v) is 12.8. The second-order valence-corrected chi connectivity index (χ2v) is 9.64. The molecule has 0 radical (unpaired) electrons. The predicted octanol–water partition coefficient (Wildman–Crippen LogP) is 0.0270. The fourth-order valence-electron chi connectivity index (χ4n) is 4.45. The van der Waals surface area contributed by atoms with Gasteiger partial charge < -0.3 is 44.2 Å². The highest BCUT2D eigenvalue weighted by Gasteiger charge is 2.42.